The predicted molar refractivity (Wildman–Crippen MR) is 132 cm³/mol. The molecule has 2 aromatic carbocycles. The number of pyridine rings is 1. The highest BCUT2D eigenvalue weighted by Gasteiger charge is 2.40. The number of carbonyl (C=O) groups excluding carboxylic acids is 1. The van der Waals surface area contributed by atoms with Crippen LogP contribution in [0.1, 0.15) is 42.0 Å². The van der Waals surface area contributed by atoms with Crippen LogP contribution in [0, 0.1) is 5.92 Å². The smallest absolute Gasteiger partial charge is 0.416 e. The molecule has 208 valence electrons. The van der Waals surface area contributed by atoms with E-state index in [0.717, 1.165) is 43.3 Å². The second-order valence-electron chi connectivity index (χ2n) is 9.94. The summed E-state index contributed by atoms with van der Waals surface area (Å²) in [5, 5.41) is 5.80. The molecule has 0 radical (unpaired) electrons. The van der Waals surface area contributed by atoms with Crippen LogP contribution in [0.3, 0.4) is 0 Å². The van der Waals surface area contributed by atoms with Crippen molar-refractivity contribution in [2.24, 2.45) is 5.92 Å². The highest BCUT2D eigenvalue weighted by Crippen LogP contribution is 2.40. The molecular formula is C27H26F6N4O2. The number of alkyl halides is 6. The zero-order valence-electron chi connectivity index (χ0n) is 20.9. The first-order valence-electron chi connectivity index (χ1n) is 12.5. The van der Waals surface area contributed by atoms with E-state index in [1.165, 1.54) is 7.11 Å². The number of carbonyl (C=O) groups is 1. The summed E-state index contributed by atoms with van der Waals surface area (Å²) < 4.78 is 85.3. The lowest BCUT2D eigenvalue weighted by molar-refractivity contribution is -0.143. The van der Waals surface area contributed by atoms with Crippen LogP contribution in [0.4, 0.5) is 36.8 Å². The predicted octanol–water partition coefficient (Wildman–Crippen LogP) is 6.63. The quantitative estimate of drug-likeness (QED) is 0.349. The van der Waals surface area contributed by atoms with E-state index in [0.29, 0.717) is 29.3 Å². The molecule has 0 saturated carbocycles. The van der Waals surface area contributed by atoms with Crippen LogP contribution in [0.15, 0.2) is 48.7 Å². The van der Waals surface area contributed by atoms with E-state index >= 15 is 0 Å². The Morgan fingerprint density at radius 3 is 2.23 bits per heavy atom. The Balaban J connectivity index is 1.50. The Hall–Kier alpha value is -3.54. The van der Waals surface area contributed by atoms with Gasteiger partial charge < -0.3 is 15.4 Å². The molecule has 4 heterocycles. The largest absolute Gasteiger partial charge is 0.497 e. The molecule has 39 heavy (non-hydrogen) atoms. The minimum absolute atomic E-state index is 0.0222. The van der Waals surface area contributed by atoms with E-state index in [1.54, 1.807) is 30.5 Å². The van der Waals surface area contributed by atoms with Crippen molar-refractivity contribution < 1.29 is 35.9 Å². The molecule has 3 aliphatic heterocycles. The second-order valence-corrected chi connectivity index (χ2v) is 9.94. The van der Waals surface area contributed by atoms with Crippen molar-refractivity contribution in [2.75, 3.05) is 25.5 Å². The van der Waals surface area contributed by atoms with Crippen molar-refractivity contribution >= 4 is 22.6 Å². The Morgan fingerprint density at radius 2 is 1.67 bits per heavy atom. The van der Waals surface area contributed by atoms with E-state index < -0.39 is 41.2 Å². The summed E-state index contributed by atoms with van der Waals surface area (Å²) in [6.45, 7) is 1.67. The number of anilines is 1. The number of hydrogen-bond donors (Lipinski definition) is 2. The van der Waals surface area contributed by atoms with Crippen molar-refractivity contribution in [2.45, 2.75) is 43.7 Å². The molecule has 6 nitrogen and oxygen atoms in total. The molecule has 0 unspecified atom stereocenters. The summed E-state index contributed by atoms with van der Waals surface area (Å²) in [6, 6.07) is 6.45. The van der Waals surface area contributed by atoms with Gasteiger partial charge >= 0.3 is 18.4 Å². The summed E-state index contributed by atoms with van der Waals surface area (Å²) in [4.78, 5) is 19.8. The molecule has 3 saturated heterocycles. The molecular weight excluding hydrogens is 526 g/mol. The van der Waals surface area contributed by atoms with Gasteiger partial charge in [-0.25, -0.2) is 4.79 Å². The number of piperidine rings is 3. The molecule has 6 rings (SSSR count). The van der Waals surface area contributed by atoms with Gasteiger partial charge in [-0.3, -0.25) is 9.88 Å². The van der Waals surface area contributed by atoms with E-state index in [4.69, 9.17) is 4.74 Å². The van der Waals surface area contributed by atoms with Gasteiger partial charge in [0.15, 0.2) is 0 Å². The summed E-state index contributed by atoms with van der Waals surface area (Å²) in [6.07, 6.45) is -5.59. The van der Waals surface area contributed by atoms with Crippen LogP contribution in [0.5, 0.6) is 5.75 Å². The van der Waals surface area contributed by atoms with Crippen molar-refractivity contribution in [3.8, 4) is 5.75 Å². The third-order valence-electron chi connectivity index (χ3n) is 7.53. The minimum atomic E-state index is -5.03. The number of aromatic nitrogens is 1. The number of urea groups is 1. The monoisotopic (exact) mass is 552 g/mol. The van der Waals surface area contributed by atoms with Gasteiger partial charge in [-0.2, -0.15) is 26.3 Å². The molecule has 2 bridgehead atoms. The Kier molecular flexibility index (Phi) is 7.08. The summed E-state index contributed by atoms with van der Waals surface area (Å²) in [5.41, 5.74) is -2.24. The molecule has 3 fully saturated rings. The first kappa shape index (κ1) is 27.0. The molecule has 3 aliphatic rings. The highest BCUT2D eigenvalue weighted by atomic mass is 19.4. The van der Waals surface area contributed by atoms with Crippen LogP contribution in [0.25, 0.3) is 10.9 Å². The Morgan fingerprint density at radius 1 is 1.00 bits per heavy atom. The second kappa shape index (κ2) is 10.2. The molecule has 2 N–H and O–H groups in total. The molecule has 2 amide bonds. The number of hydrogen-bond acceptors (Lipinski definition) is 4. The standard InChI is InChI=1S/C27H26F6N4O2/c1-39-19-2-3-22-21(14-19)20(4-7-34-22)24(23-10-15-5-8-37(23)9-6-15)36-25(38)35-18-12-16(26(28,29)30)11-17(13-18)27(31,32)33/h2-4,7,11-15,23-24H,5-6,8-10H2,1H3,(H2,35,36,38)/t23-,24-/m0/s1. The Labute approximate surface area is 220 Å². The number of fused-ring (bicyclic) bond motifs is 4. The van der Waals surface area contributed by atoms with Crippen LogP contribution in [-0.4, -0.2) is 42.2 Å². The van der Waals surface area contributed by atoms with Crippen molar-refractivity contribution in [3.05, 3.63) is 65.4 Å². The van der Waals surface area contributed by atoms with Crippen molar-refractivity contribution in [3.63, 3.8) is 0 Å². The zero-order valence-corrected chi connectivity index (χ0v) is 20.9. The SMILES string of the molecule is COc1ccc2nccc([C@H](NC(=O)Nc3cc(C(F)(F)F)cc(C(F)(F)F)c3)[C@@H]3CC4CCN3CC4)c2c1. The van der Waals surface area contributed by atoms with Gasteiger partial charge in [0.05, 0.1) is 29.8 Å². The van der Waals surface area contributed by atoms with Gasteiger partial charge in [-0.1, -0.05) is 0 Å². The third-order valence-corrected chi connectivity index (χ3v) is 7.53. The fourth-order valence-electron chi connectivity index (χ4n) is 5.62. The maximum Gasteiger partial charge on any atom is 0.416 e. The number of nitrogens with one attached hydrogen (secondary N) is 2. The Bertz CT molecular complexity index is 1340. The van der Waals surface area contributed by atoms with Crippen molar-refractivity contribution in [1.29, 1.82) is 0 Å². The van der Waals surface area contributed by atoms with Gasteiger partial charge in [0.25, 0.3) is 0 Å². The lowest BCUT2D eigenvalue weighted by Crippen LogP contribution is -2.55. The van der Waals surface area contributed by atoms with Crippen molar-refractivity contribution in [1.82, 2.24) is 15.2 Å². The summed E-state index contributed by atoms with van der Waals surface area (Å²) in [5.74, 6) is 1.04. The van der Waals surface area contributed by atoms with E-state index in [1.807, 2.05) is 0 Å². The average Bonchev–Trinajstić information content (AvgIpc) is 2.90. The minimum Gasteiger partial charge on any atom is -0.497 e. The maximum atomic E-state index is 13.3. The lowest BCUT2D eigenvalue weighted by atomic mass is 9.78. The third kappa shape index (κ3) is 5.75. The van der Waals surface area contributed by atoms with Gasteiger partial charge in [-0.15, -0.1) is 0 Å². The van der Waals surface area contributed by atoms with Gasteiger partial charge in [0, 0.05) is 23.3 Å². The first-order valence-corrected chi connectivity index (χ1v) is 12.5. The van der Waals surface area contributed by atoms with Crippen LogP contribution in [0.2, 0.25) is 0 Å². The number of benzene rings is 2. The van der Waals surface area contributed by atoms with Crippen LogP contribution >= 0.6 is 0 Å². The number of methoxy groups -OCH3 is 1. The van der Waals surface area contributed by atoms with Gasteiger partial charge in [-0.05, 0) is 86.3 Å². The molecule has 0 spiro atoms. The van der Waals surface area contributed by atoms with Gasteiger partial charge in [0.1, 0.15) is 5.75 Å². The van der Waals surface area contributed by atoms with E-state index in [2.05, 4.69) is 20.5 Å². The number of amides is 2. The molecule has 2 atom stereocenters. The van der Waals surface area contributed by atoms with E-state index in [9.17, 15) is 31.1 Å². The number of ether oxygens (including phenoxy) is 1. The summed E-state index contributed by atoms with van der Waals surface area (Å²) in [7, 11) is 1.52. The molecule has 1 aromatic heterocycles. The molecule has 0 aliphatic carbocycles. The number of nitrogens with zero attached hydrogens (tertiary/aromatic N) is 2. The average molecular weight is 553 g/mol. The number of rotatable bonds is 5. The van der Waals surface area contributed by atoms with Gasteiger partial charge in [0.2, 0.25) is 0 Å². The fourth-order valence-corrected chi connectivity index (χ4v) is 5.62. The normalized spacial score (nSPS) is 22.0. The topological polar surface area (TPSA) is 66.5 Å². The maximum absolute atomic E-state index is 13.3. The molecule has 3 aromatic rings. The zero-order chi connectivity index (χ0) is 27.9. The molecule has 12 heteroatoms. The van der Waals surface area contributed by atoms with Crippen LogP contribution < -0.4 is 15.4 Å². The first-order chi connectivity index (χ1) is 18.4. The summed E-state index contributed by atoms with van der Waals surface area (Å²) >= 11 is 0. The van der Waals surface area contributed by atoms with Crippen LogP contribution in [-0.2, 0) is 12.4 Å². The highest BCUT2D eigenvalue weighted by molar-refractivity contribution is 5.91. The fraction of sp³-hybridized carbons (Fsp3) is 0.407. The number of halogens is 6. The van der Waals surface area contributed by atoms with E-state index in [-0.39, 0.29) is 12.1 Å². The lowest BCUT2D eigenvalue weighted by Gasteiger charge is -2.48.